The van der Waals surface area contributed by atoms with Gasteiger partial charge in [-0.3, -0.25) is 0 Å². The minimum atomic E-state index is 0.840. The van der Waals surface area contributed by atoms with E-state index in [4.69, 9.17) is 12.2 Å². The number of likely N-dealkylation sites (tertiary alicyclic amines) is 1. The number of thiocarbonyl (C=S) groups is 1. The molecule has 0 saturated carbocycles. The number of nitrogens with zero attached hydrogens (tertiary/aromatic N) is 1. The third-order valence-electron chi connectivity index (χ3n) is 4.10. The van der Waals surface area contributed by atoms with Crippen molar-refractivity contribution in [3.05, 3.63) is 29.8 Å². The normalized spacial score (nSPS) is 16.2. The van der Waals surface area contributed by atoms with E-state index in [1.54, 1.807) is 0 Å². The average molecular weight is 290 g/mol. The summed E-state index contributed by atoms with van der Waals surface area (Å²) in [6.45, 7) is 6.72. The summed E-state index contributed by atoms with van der Waals surface area (Å²) < 4.78 is 0. The Balaban J connectivity index is 1.84. The van der Waals surface area contributed by atoms with Gasteiger partial charge in [-0.15, -0.1) is 0 Å². The lowest BCUT2D eigenvalue weighted by molar-refractivity contribution is 0.283. The van der Waals surface area contributed by atoms with Crippen molar-refractivity contribution in [3.8, 4) is 0 Å². The van der Waals surface area contributed by atoms with Crippen molar-refractivity contribution >= 4 is 23.0 Å². The second-order valence-electron chi connectivity index (χ2n) is 5.90. The fourth-order valence-corrected chi connectivity index (χ4v) is 2.85. The highest BCUT2D eigenvalue weighted by atomic mass is 32.1. The Morgan fingerprint density at radius 3 is 2.50 bits per heavy atom. The first kappa shape index (κ1) is 15.3. The largest absolute Gasteiger partial charge is 0.349 e. The Labute approximate surface area is 128 Å². The molecule has 1 aliphatic rings. The van der Waals surface area contributed by atoms with E-state index in [-0.39, 0.29) is 0 Å². The van der Waals surface area contributed by atoms with E-state index in [2.05, 4.69) is 48.3 Å². The van der Waals surface area contributed by atoms with E-state index < -0.39 is 0 Å². The maximum Gasteiger partial charge on any atom is 0.173 e. The lowest BCUT2D eigenvalue weighted by Gasteiger charge is -2.32. The molecule has 110 valence electrons. The van der Waals surface area contributed by atoms with Crippen LogP contribution in [-0.4, -0.2) is 23.1 Å². The fourth-order valence-electron chi connectivity index (χ4n) is 2.55. The number of piperidine rings is 1. The average Bonchev–Trinajstić information content (AvgIpc) is 2.47. The van der Waals surface area contributed by atoms with E-state index in [1.165, 1.54) is 37.7 Å². The van der Waals surface area contributed by atoms with E-state index in [0.717, 1.165) is 29.8 Å². The van der Waals surface area contributed by atoms with Gasteiger partial charge in [0.2, 0.25) is 0 Å². The van der Waals surface area contributed by atoms with Crippen LogP contribution in [0, 0.1) is 5.92 Å². The number of nitrogens with one attached hydrogen (secondary N) is 1. The summed E-state index contributed by atoms with van der Waals surface area (Å²) in [4.78, 5) is 2.29. The number of benzene rings is 1. The van der Waals surface area contributed by atoms with Gasteiger partial charge < -0.3 is 10.2 Å². The molecule has 1 aromatic rings. The molecule has 20 heavy (non-hydrogen) atoms. The van der Waals surface area contributed by atoms with Crippen molar-refractivity contribution in [3.63, 3.8) is 0 Å². The quantitative estimate of drug-likeness (QED) is 0.824. The number of hydrogen-bond donors (Lipinski definition) is 1. The standard InChI is InChI=1S/C17H26N2S/c1-3-4-5-15-6-8-16(9-7-15)18-17(20)19-12-10-14(2)11-13-19/h6-9,14H,3-5,10-13H2,1-2H3,(H,18,20). The van der Waals surface area contributed by atoms with Crippen molar-refractivity contribution in [2.75, 3.05) is 18.4 Å². The van der Waals surface area contributed by atoms with Crippen LogP contribution in [-0.2, 0) is 6.42 Å². The first-order valence-corrected chi connectivity index (χ1v) is 8.24. The van der Waals surface area contributed by atoms with Crippen molar-refractivity contribution in [1.82, 2.24) is 4.90 Å². The summed E-state index contributed by atoms with van der Waals surface area (Å²) in [5, 5.41) is 4.24. The van der Waals surface area contributed by atoms with Crippen molar-refractivity contribution in [2.45, 2.75) is 46.0 Å². The zero-order valence-corrected chi connectivity index (χ0v) is 13.5. The molecule has 0 atom stereocenters. The summed E-state index contributed by atoms with van der Waals surface area (Å²) >= 11 is 5.51. The van der Waals surface area contributed by atoms with Crippen molar-refractivity contribution in [2.24, 2.45) is 5.92 Å². The van der Waals surface area contributed by atoms with Gasteiger partial charge in [-0.2, -0.15) is 0 Å². The molecule has 0 unspecified atom stereocenters. The second kappa shape index (κ2) is 7.63. The van der Waals surface area contributed by atoms with Crippen LogP contribution in [0.15, 0.2) is 24.3 Å². The molecule has 2 nitrogen and oxygen atoms in total. The molecule has 1 aliphatic heterocycles. The zero-order chi connectivity index (χ0) is 14.4. The molecule has 0 bridgehead atoms. The third-order valence-corrected chi connectivity index (χ3v) is 4.46. The highest BCUT2D eigenvalue weighted by Gasteiger charge is 2.17. The molecule has 0 aromatic heterocycles. The molecular weight excluding hydrogens is 264 g/mol. The molecule has 1 aromatic carbocycles. The Kier molecular flexibility index (Phi) is 5.84. The molecule has 0 aliphatic carbocycles. The number of aryl methyl sites for hydroxylation is 1. The Morgan fingerprint density at radius 2 is 1.90 bits per heavy atom. The molecular formula is C17H26N2S. The lowest BCUT2D eigenvalue weighted by Crippen LogP contribution is -2.40. The molecule has 2 rings (SSSR count). The monoisotopic (exact) mass is 290 g/mol. The lowest BCUT2D eigenvalue weighted by atomic mass is 10.00. The van der Waals surface area contributed by atoms with Gasteiger partial charge in [0.1, 0.15) is 0 Å². The first-order valence-electron chi connectivity index (χ1n) is 7.84. The predicted molar refractivity (Wildman–Crippen MR) is 91.2 cm³/mol. The smallest absolute Gasteiger partial charge is 0.173 e. The van der Waals surface area contributed by atoms with Crippen LogP contribution < -0.4 is 5.32 Å². The molecule has 0 spiro atoms. The maximum absolute atomic E-state index is 5.51. The topological polar surface area (TPSA) is 15.3 Å². The maximum atomic E-state index is 5.51. The van der Waals surface area contributed by atoms with Gasteiger partial charge in [-0.05, 0) is 61.5 Å². The van der Waals surface area contributed by atoms with Gasteiger partial charge in [0.15, 0.2) is 5.11 Å². The summed E-state index contributed by atoms with van der Waals surface area (Å²) in [7, 11) is 0. The van der Waals surface area contributed by atoms with Gasteiger partial charge in [-0.25, -0.2) is 0 Å². The van der Waals surface area contributed by atoms with Crippen LogP contribution in [0.2, 0.25) is 0 Å². The number of rotatable bonds is 4. The predicted octanol–water partition coefficient (Wildman–Crippen LogP) is 4.46. The molecule has 1 N–H and O–H groups in total. The summed E-state index contributed by atoms with van der Waals surface area (Å²) in [5.74, 6) is 0.840. The van der Waals surface area contributed by atoms with E-state index in [0.29, 0.717) is 0 Å². The Hall–Kier alpha value is -1.09. The fraction of sp³-hybridized carbons (Fsp3) is 0.588. The molecule has 1 fully saturated rings. The molecule has 3 heteroatoms. The highest BCUT2D eigenvalue weighted by molar-refractivity contribution is 7.80. The number of unbranched alkanes of at least 4 members (excludes halogenated alkanes) is 1. The minimum Gasteiger partial charge on any atom is -0.349 e. The summed E-state index contributed by atoms with van der Waals surface area (Å²) in [6.07, 6.45) is 6.18. The summed E-state index contributed by atoms with van der Waals surface area (Å²) in [5.41, 5.74) is 2.52. The van der Waals surface area contributed by atoms with Crippen molar-refractivity contribution in [1.29, 1.82) is 0 Å². The SMILES string of the molecule is CCCCc1ccc(NC(=S)N2CCC(C)CC2)cc1. The molecule has 0 radical (unpaired) electrons. The van der Waals surface area contributed by atoms with Crippen LogP contribution in [0.3, 0.4) is 0 Å². The zero-order valence-electron chi connectivity index (χ0n) is 12.7. The Morgan fingerprint density at radius 1 is 1.25 bits per heavy atom. The number of hydrogen-bond acceptors (Lipinski definition) is 1. The van der Waals surface area contributed by atoms with Gasteiger partial charge >= 0.3 is 0 Å². The highest BCUT2D eigenvalue weighted by Crippen LogP contribution is 2.18. The summed E-state index contributed by atoms with van der Waals surface area (Å²) in [6, 6.07) is 8.70. The molecule has 1 saturated heterocycles. The van der Waals surface area contributed by atoms with Gasteiger partial charge in [-0.1, -0.05) is 32.4 Å². The van der Waals surface area contributed by atoms with Crippen LogP contribution in [0.4, 0.5) is 5.69 Å². The van der Waals surface area contributed by atoms with Crippen LogP contribution in [0.5, 0.6) is 0 Å². The van der Waals surface area contributed by atoms with Crippen molar-refractivity contribution < 1.29 is 0 Å². The van der Waals surface area contributed by atoms with E-state index in [9.17, 15) is 0 Å². The minimum absolute atomic E-state index is 0.840. The second-order valence-corrected chi connectivity index (χ2v) is 6.29. The molecule has 1 heterocycles. The van der Waals surface area contributed by atoms with Crippen LogP contribution in [0.25, 0.3) is 0 Å². The number of anilines is 1. The van der Waals surface area contributed by atoms with E-state index >= 15 is 0 Å². The van der Waals surface area contributed by atoms with Crippen LogP contribution >= 0.6 is 12.2 Å². The third kappa shape index (κ3) is 4.48. The van der Waals surface area contributed by atoms with E-state index in [1.807, 2.05) is 0 Å². The molecule has 0 amide bonds. The van der Waals surface area contributed by atoms with Gasteiger partial charge in [0.05, 0.1) is 0 Å². The van der Waals surface area contributed by atoms with Gasteiger partial charge in [0.25, 0.3) is 0 Å². The Bertz CT molecular complexity index is 419. The first-order chi connectivity index (χ1) is 9.69. The van der Waals surface area contributed by atoms with Crippen LogP contribution in [0.1, 0.15) is 45.1 Å². The van der Waals surface area contributed by atoms with Gasteiger partial charge in [0, 0.05) is 18.8 Å².